The fourth-order valence-electron chi connectivity index (χ4n) is 3.37. The summed E-state index contributed by atoms with van der Waals surface area (Å²) in [6.45, 7) is 1.60. The summed E-state index contributed by atoms with van der Waals surface area (Å²) in [5.74, 6) is 1.67. The number of nitrogens with one attached hydrogen (secondary N) is 1. The van der Waals surface area contributed by atoms with E-state index in [0.717, 1.165) is 48.3 Å². The van der Waals surface area contributed by atoms with Crippen LogP contribution >= 0.6 is 15.9 Å². The third-order valence-electron chi connectivity index (χ3n) is 4.82. The zero-order valence-corrected chi connectivity index (χ0v) is 14.8. The molecule has 1 saturated heterocycles. The van der Waals surface area contributed by atoms with Crippen LogP contribution in [0.25, 0.3) is 5.69 Å². The van der Waals surface area contributed by atoms with Crippen LogP contribution in [0.3, 0.4) is 0 Å². The summed E-state index contributed by atoms with van der Waals surface area (Å²) >= 11 is 3.41. The van der Waals surface area contributed by atoms with Crippen LogP contribution in [0.4, 0.5) is 0 Å². The maximum Gasteiger partial charge on any atom is 0.347 e. The van der Waals surface area contributed by atoms with Crippen LogP contribution in [0.1, 0.15) is 25.1 Å². The molecule has 1 aliphatic heterocycles. The number of carbonyl (C=O) groups excluding carboxylic acids is 1. The van der Waals surface area contributed by atoms with E-state index in [1.54, 1.807) is 4.57 Å². The van der Waals surface area contributed by atoms with E-state index in [2.05, 4.69) is 26.1 Å². The first-order chi connectivity index (χ1) is 11.6. The molecule has 6 nitrogen and oxygen atoms in total. The highest BCUT2D eigenvalue weighted by Gasteiger charge is 2.36. The summed E-state index contributed by atoms with van der Waals surface area (Å²) in [6, 6.07) is 7.60. The number of nitrogens with zero attached hydrogens (tertiary/aromatic N) is 3. The molecule has 0 bridgehead atoms. The Labute approximate surface area is 148 Å². The van der Waals surface area contributed by atoms with Crippen molar-refractivity contribution in [2.24, 2.45) is 11.8 Å². The number of benzene rings is 1. The highest BCUT2D eigenvalue weighted by Crippen LogP contribution is 2.33. The van der Waals surface area contributed by atoms with E-state index in [1.807, 2.05) is 29.2 Å². The predicted molar refractivity (Wildman–Crippen MR) is 93.0 cm³/mol. The Hall–Kier alpha value is -1.89. The lowest BCUT2D eigenvalue weighted by molar-refractivity contribution is -0.131. The number of hydrogen-bond acceptors (Lipinski definition) is 3. The van der Waals surface area contributed by atoms with E-state index in [-0.39, 0.29) is 11.6 Å². The molecule has 7 heteroatoms. The molecule has 2 fully saturated rings. The smallest absolute Gasteiger partial charge is 0.342 e. The molecule has 0 spiro atoms. The molecule has 1 atom stereocenters. The topological polar surface area (TPSA) is 71.0 Å². The fourth-order valence-corrected chi connectivity index (χ4v) is 3.63. The molecule has 0 radical (unpaired) electrons. The van der Waals surface area contributed by atoms with Crippen molar-refractivity contribution in [2.75, 3.05) is 13.1 Å². The predicted octanol–water partition coefficient (Wildman–Crippen LogP) is 2.12. The van der Waals surface area contributed by atoms with Crippen molar-refractivity contribution in [3.05, 3.63) is 45.0 Å². The molecule has 0 unspecified atom stereocenters. The molecule has 1 saturated carbocycles. The van der Waals surface area contributed by atoms with Gasteiger partial charge in [0, 0.05) is 29.9 Å². The van der Waals surface area contributed by atoms with Gasteiger partial charge in [-0.25, -0.2) is 14.5 Å². The van der Waals surface area contributed by atoms with Crippen molar-refractivity contribution in [2.45, 2.75) is 25.7 Å². The summed E-state index contributed by atoms with van der Waals surface area (Å²) in [5, 5.41) is 6.76. The fraction of sp³-hybridized carbons (Fsp3) is 0.471. The van der Waals surface area contributed by atoms with Crippen molar-refractivity contribution < 1.29 is 4.79 Å². The number of hydrogen-bond donors (Lipinski definition) is 1. The number of H-pyrrole nitrogens is 1. The molecule has 1 aliphatic carbocycles. The molecule has 1 N–H and O–H groups in total. The van der Waals surface area contributed by atoms with Crippen LogP contribution < -0.4 is 5.69 Å². The molecule has 1 amide bonds. The minimum absolute atomic E-state index is 0.226. The van der Waals surface area contributed by atoms with E-state index >= 15 is 0 Å². The van der Waals surface area contributed by atoms with E-state index < -0.39 is 0 Å². The molecular weight excluding hydrogens is 372 g/mol. The van der Waals surface area contributed by atoms with Gasteiger partial charge in [-0.05, 0) is 49.4 Å². The molecule has 2 heterocycles. The van der Waals surface area contributed by atoms with Crippen LogP contribution in [0.2, 0.25) is 0 Å². The number of halogens is 1. The highest BCUT2D eigenvalue weighted by atomic mass is 79.9. The SMILES string of the molecule is O=C(C1CC1)N1CC[C@@H](Cc2n[nH]c(=O)n2-c2ccc(Br)cc2)C1. The van der Waals surface area contributed by atoms with Gasteiger partial charge >= 0.3 is 5.69 Å². The number of carbonyl (C=O) groups is 1. The Bertz CT molecular complexity index is 807. The summed E-state index contributed by atoms with van der Waals surface area (Å²) in [5.41, 5.74) is 0.576. The van der Waals surface area contributed by atoms with Crippen molar-refractivity contribution in [3.63, 3.8) is 0 Å². The summed E-state index contributed by atoms with van der Waals surface area (Å²) < 4.78 is 2.59. The maximum atomic E-state index is 12.2. The van der Waals surface area contributed by atoms with Gasteiger partial charge in [-0.1, -0.05) is 15.9 Å². The van der Waals surface area contributed by atoms with Gasteiger partial charge in [0.05, 0.1) is 5.69 Å². The van der Waals surface area contributed by atoms with Gasteiger partial charge in [-0.15, -0.1) is 0 Å². The number of aromatic amines is 1. The van der Waals surface area contributed by atoms with Crippen molar-refractivity contribution in [1.82, 2.24) is 19.7 Å². The van der Waals surface area contributed by atoms with Crippen LogP contribution in [-0.4, -0.2) is 38.7 Å². The lowest BCUT2D eigenvalue weighted by atomic mass is 10.0. The third-order valence-corrected chi connectivity index (χ3v) is 5.35. The first kappa shape index (κ1) is 15.6. The molecule has 1 aromatic carbocycles. The van der Waals surface area contributed by atoms with Crippen LogP contribution in [-0.2, 0) is 11.2 Å². The minimum atomic E-state index is -0.226. The van der Waals surface area contributed by atoms with Crippen LogP contribution in [0, 0.1) is 11.8 Å². The lowest BCUT2D eigenvalue weighted by Gasteiger charge is -2.16. The van der Waals surface area contributed by atoms with Gasteiger partial charge in [0.2, 0.25) is 5.91 Å². The molecule has 126 valence electrons. The maximum absolute atomic E-state index is 12.2. The average molecular weight is 391 g/mol. The molecule has 2 aromatic rings. The zero-order chi connectivity index (χ0) is 16.7. The van der Waals surface area contributed by atoms with E-state index in [4.69, 9.17) is 0 Å². The number of aromatic nitrogens is 3. The molecule has 24 heavy (non-hydrogen) atoms. The van der Waals surface area contributed by atoms with Gasteiger partial charge in [-0.3, -0.25) is 4.79 Å². The second kappa shape index (κ2) is 6.20. The lowest BCUT2D eigenvalue weighted by Crippen LogP contribution is -2.30. The van der Waals surface area contributed by atoms with Crippen molar-refractivity contribution in [3.8, 4) is 5.69 Å². The van der Waals surface area contributed by atoms with E-state index in [9.17, 15) is 9.59 Å². The summed E-state index contributed by atoms with van der Waals surface area (Å²) in [7, 11) is 0. The molecule has 2 aliphatic rings. The second-order valence-electron chi connectivity index (χ2n) is 6.67. The van der Waals surface area contributed by atoms with Gasteiger partial charge in [0.15, 0.2) is 0 Å². The van der Waals surface area contributed by atoms with Gasteiger partial charge in [0.25, 0.3) is 0 Å². The molecular formula is C17H19BrN4O2. The Morgan fingerprint density at radius 2 is 2.00 bits per heavy atom. The van der Waals surface area contributed by atoms with Crippen LogP contribution in [0.5, 0.6) is 0 Å². The van der Waals surface area contributed by atoms with E-state index in [0.29, 0.717) is 18.2 Å². The average Bonchev–Trinajstić information content (AvgIpc) is 3.23. The minimum Gasteiger partial charge on any atom is -0.342 e. The summed E-state index contributed by atoms with van der Waals surface area (Å²) in [6.07, 6.45) is 3.76. The number of amides is 1. The highest BCUT2D eigenvalue weighted by molar-refractivity contribution is 9.10. The molecule has 4 rings (SSSR count). The van der Waals surface area contributed by atoms with Crippen molar-refractivity contribution in [1.29, 1.82) is 0 Å². The Morgan fingerprint density at radius 3 is 2.71 bits per heavy atom. The third kappa shape index (κ3) is 3.05. The van der Waals surface area contributed by atoms with Gasteiger partial charge < -0.3 is 4.90 Å². The Morgan fingerprint density at radius 1 is 1.25 bits per heavy atom. The second-order valence-corrected chi connectivity index (χ2v) is 7.59. The standard InChI is InChI=1S/C17H19BrN4O2/c18-13-3-5-14(6-4-13)22-15(19-20-17(22)24)9-11-7-8-21(10-11)16(23)12-1-2-12/h3-6,11-12H,1-2,7-10H2,(H,20,24)/t11-/m0/s1. The first-order valence-corrected chi connectivity index (χ1v) is 9.12. The zero-order valence-electron chi connectivity index (χ0n) is 13.2. The Balaban J connectivity index is 1.50. The summed E-state index contributed by atoms with van der Waals surface area (Å²) in [4.78, 5) is 26.3. The Kier molecular flexibility index (Phi) is 4.04. The van der Waals surface area contributed by atoms with Gasteiger partial charge in [-0.2, -0.15) is 5.10 Å². The van der Waals surface area contributed by atoms with Crippen molar-refractivity contribution >= 4 is 21.8 Å². The van der Waals surface area contributed by atoms with Gasteiger partial charge in [0.1, 0.15) is 5.82 Å². The number of rotatable bonds is 4. The largest absolute Gasteiger partial charge is 0.347 e. The quantitative estimate of drug-likeness (QED) is 0.868. The first-order valence-electron chi connectivity index (χ1n) is 8.33. The molecule has 1 aromatic heterocycles. The normalized spacial score (nSPS) is 20.5. The van der Waals surface area contributed by atoms with E-state index in [1.165, 1.54) is 0 Å². The monoisotopic (exact) mass is 390 g/mol. The van der Waals surface area contributed by atoms with Crippen LogP contribution in [0.15, 0.2) is 33.5 Å². The number of likely N-dealkylation sites (tertiary alicyclic amines) is 1.